The van der Waals surface area contributed by atoms with Crippen LogP contribution in [0.15, 0.2) is 29.3 Å². The van der Waals surface area contributed by atoms with Gasteiger partial charge in [0.25, 0.3) is 5.91 Å². The Bertz CT molecular complexity index is 625. The first-order valence-electron chi connectivity index (χ1n) is 6.89. The summed E-state index contributed by atoms with van der Waals surface area (Å²) in [6.07, 6.45) is 2.71. The Kier molecular flexibility index (Phi) is 3.09. The number of hydrogen-bond acceptors (Lipinski definition) is 2. The Labute approximate surface area is 123 Å². The van der Waals surface area contributed by atoms with E-state index in [1.165, 1.54) is 0 Å². The lowest BCUT2D eigenvalue weighted by molar-refractivity contribution is -0.122. The number of aliphatic imine (C=N–C) groups is 1. The van der Waals surface area contributed by atoms with Crippen molar-refractivity contribution in [1.82, 2.24) is 5.32 Å². The summed E-state index contributed by atoms with van der Waals surface area (Å²) in [6.45, 7) is 2.12. The third-order valence-corrected chi connectivity index (χ3v) is 4.23. The molecular formula is C15H17N3OS. The van der Waals surface area contributed by atoms with Crippen molar-refractivity contribution in [3.05, 3.63) is 29.8 Å². The second kappa shape index (κ2) is 4.66. The molecule has 1 N–H and O–H groups in total. The van der Waals surface area contributed by atoms with Gasteiger partial charge in [-0.2, -0.15) is 0 Å². The zero-order valence-corrected chi connectivity index (χ0v) is 12.5. The van der Waals surface area contributed by atoms with E-state index in [0.717, 1.165) is 36.2 Å². The number of para-hydroxylation sites is 1. The van der Waals surface area contributed by atoms with Gasteiger partial charge in [-0.3, -0.25) is 4.79 Å². The van der Waals surface area contributed by atoms with Crippen molar-refractivity contribution in [1.29, 1.82) is 0 Å². The van der Waals surface area contributed by atoms with Crippen molar-refractivity contribution in [3.63, 3.8) is 0 Å². The number of nitrogens with one attached hydrogen (secondary N) is 1. The quantitative estimate of drug-likeness (QED) is 0.867. The summed E-state index contributed by atoms with van der Waals surface area (Å²) in [5.74, 6) is 0.0308. The number of benzene rings is 1. The largest absolute Gasteiger partial charge is 0.342 e. The third kappa shape index (κ3) is 1.69. The van der Waals surface area contributed by atoms with Crippen molar-refractivity contribution in [2.75, 3.05) is 11.9 Å². The summed E-state index contributed by atoms with van der Waals surface area (Å²) in [6, 6.07) is 7.86. The van der Waals surface area contributed by atoms with Crippen molar-refractivity contribution in [2.24, 2.45) is 4.99 Å². The molecule has 20 heavy (non-hydrogen) atoms. The van der Waals surface area contributed by atoms with Gasteiger partial charge >= 0.3 is 0 Å². The standard InChI is InChI=1S/C15H17N3OS/c1-3-4-9-15-12(16-14(20)17-15)10-7-5-6-8-11(10)18(2)13(15)19/h5-8H,3-4,9H2,1-2H3,(H,17,20). The van der Waals surface area contributed by atoms with Gasteiger partial charge in [0.2, 0.25) is 0 Å². The molecule has 0 aromatic heterocycles. The molecule has 1 aromatic rings. The first-order valence-corrected chi connectivity index (χ1v) is 7.30. The van der Waals surface area contributed by atoms with E-state index in [1.54, 1.807) is 4.90 Å². The fourth-order valence-corrected chi connectivity index (χ4v) is 3.27. The van der Waals surface area contributed by atoms with Crippen LogP contribution in [0.4, 0.5) is 5.69 Å². The third-order valence-electron chi connectivity index (χ3n) is 4.03. The fraction of sp³-hybridized carbons (Fsp3) is 0.400. The first-order chi connectivity index (χ1) is 9.60. The Morgan fingerprint density at radius 1 is 1.40 bits per heavy atom. The van der Waals surface area contributed by atoms with Crippen LogP contribution in [0, 0.1) is 0 Å². The molecule has 1 atom stereocenters. The molecule has 5 heteroatoms. The molecule has 0 saturated carbocycles. The highest BCUT2D eigenvalue weighted by molar-refractivity contribution is 7.80. The summed E-state index contributed by atoms with van der Waals surface area (Å²) in [5.41, 5.74) is 1.92. The maximum atomic E-state index is 12.9. The molecule has 1 unspecified atom stereocenters. The number of unbranched alkanes of at least 4 members (excludes halogenated alkanes) is 1. The van der Waals surface area contributed by atoms with Gasteiger partial charge in [-0.1, -0.05) is 38.0 Å². The van der Waals surface area contributed by atoms with Crippen LogP contribution < -0.4 is 10.2 Å². The number of rotatable bonds is 3. The maximum absolute atomic E-state index is 12.9. The maximum Gasteiger partial charge on any atom is 0.258 e. The predicted octanol–water partition coefficient (Wildman–Crippen LogP) is 2.27. The zero-order valence-electron chi connectivity index (χ0n) is 11.6. The molecule has 0 radical (unpaired) electrons. The van der Waals surface area contributed by atoms with Crippen LogP contribution in [0.3, 0.4) is 0 Å². The number of hydrogen-bond donors (Lipinski definition) is 1. The molecule has 0 aliphatic carbocycles. The fourth-order valence-electron chi connectivity index (χ4n) is 3.00. The summed E-state index contributed by atoms with van der Waals surface area (Å²) >= 11 is 5.21. The SMILES string of the molecule is CCCCC12NC(=S)N=C1c1ccccc1N(C)C2=O. The van der Waals surface area contributed by atoms with Crippen LogP contribution in [0.25, 0.3) is 0 Å². The van der Waals surface area contributed by atoms with Gasteiger partial charge in [0, 0.05) is 12.6 Å². The van der Waals surface area contributed by atoms with Crippen LogP contribution in [-0.4, -0.2) is 29.3 Å². The molecule has 0 saturated heterocycles. The van der Waals surface area contributed by atoms with Gasteiger partial charge < -0.3 is 10.2 Å². The Morgan fingerprint density at radius 3 is 2.90 bits per heavy atom. The smallest absolute Gasteiger partial charge is 0.258 e. The number of carbonyl (C=O) groups is 1. The Balaban J connectivity index is 2.18. The summed E-state index contributed by atoms with van der Waals surface area (Å²) in [7, 11) is 1.81. The van der Waals surface area contributed by atoms with Crippen LogP contribution in [0.1, 0.15) is 31.7 Å². The van der Waals surface area contributed by atoms with Crippen LogP contribution in [0.2, 0.25) is 0 Å². The number of nitrogens with zero attached hydrogens (tertiary/aromatic N) is 2. The molecule has 0 fully saturated rings. The summed E-state index contributed by atoms with van der Waals surface area (Å²) in [4.78, 5) is 19.0. The molecule has 2 heterocycles. The molecule has 3 rings (SSSR count). The number of thiocarbonyl (C=S) groups is 1. The van der Waals surface area contributed by atoms with Gasteiger partial charge in [-0.25, -0.2) is 4.99 Å². The second-order valence-corrected chi connectivity index (χ2v) is 5.67. The Hall–Kier alpha value is -1.75. The van der Waals surface area contributed by atoms with Gasteiger partial charge in [-0.15, -0.1) is 0 Å². The minimum absolute atomic E-state index is 0.0308. The molecule has 104 valence electrons. The van der Waals surface area contributed by atoms with E-state index < -0.39 is 5.54 Å². The number of anilines is 1. The first kappa shape index (κ1) is 13.2. The number of fused-ring (bicyclic) bond motifs is 3. The van der Waals surface area contributed by atoms with Crippen molar-refractivity contribution in [2.45, 2.75) is 31.7 Å². The minimum atomic E-state index is -0.768. The topological polar surface area (TPSA) is 44.7 Å². The predicted molar refractivity (Wildman–Crippen MR) is 84.4 cm³/mol. The van der Waals surface area contributed by atoms with Gasteiger partial charge in [0.05, 0.1) is 11.4 Å². The van der Waals surface area contributed by atoms with Crippen LogP contribution in [0.5, 0.6) is 0 Å². The van der Waals surface area contributed by atoms with Crippen molar-refractivity contribution in [3.8, 4) is 0 Å². The molecule has 0 spiro atoms. The molecular weight excluding hydrogens is 270 g/mol. The molecule has 4 nitrogen and oxygen atoms in total. The van der Waals surface area contributed by atoms with Crippen LogP contribution >= 0.6 is 12.2 Å². The lowest BCUT2D eigenvalue weighted by Gasteiger charge is -2.39. The lowest BCUT2D eigenvalue weighted by Crippen LogP contribution is -2.63. The molecule has 1 amide bonds. The van der Waals surface area contributed by atoms with E-state index in [0.29, 0.717) is 5.11 Å². The van der Waals surface area contributed by atoms with Gasteiger partial charge in [-0.05, 0) is 24.7 Å². The second-order valence-electron chi connectivity index (χ2n) is 5.28. The van der Waals surface area contributed by atoms with Crippen molar-refractivity contribution < 1.29 is 4.79 Å². The minimum Gasteiger partial charge on any atom is -0.342 e. The van der Waals surface area contributed by atoms with E-state index in [4.69, 9.17) is 12.2 Å². The van der Waals surface area contributed by atoms with E-state index in [-0.39, 0.29) is 5.91 Å². The lowest BCUT2D eigenvalue weighted by atomic mass is 9.79. The number of amides is 1. The highest BCUT2D eigenvalue weighted by Crippen LogP contribution is 2.37. The van der Waals surface area contributed by atoms with E-state index in [2.05, 4.69) is 17.2 Å². The van der Waals surface area contributed by atoms with Crippen molar-refractivity contribution >= 4 is 34.6 Å². The van der Waals surface area contributed by atoms with E-state index in [1.807, 2.05) is 31.3 Å². The van der Waals surface area contributed by atoms with E-state index in [9.17, 15) is 4.79 Å². The highest BCUT2D eigenvalue weighted by atomic mass is 32.1. The van der Waals surface area contributed by atoms with E-state index >= 15 is 0 Å². The highest BCUT2D eigenvalue weighted by Gasteiger charge is 2.52. The molecule has 2 aliphatic rings. The monoisotopic (exact) mass is 287 g/mol. The molecule has 1 aromatic carbocycles. The Morgan fingerprint density at radius 2 is 2.15 bits per heavy atom. The normalized spacial score (nSPS) is 24.1. The average molecular weight is 287 g/mol. The summed E-state index contributed by atoms with van der Waals surface area (Å²) < 4.78 is 0. The van der Waals surface area contributed by atoms with Crippen LogP contribution in [-0.2, 0) is 4.79 Å². The number of likely N-dealkylation sites (N-methyl/N-ethyl adjacent to an activating group) is 1. The molecule has 0 bridgehead atoms. The molecule has 2 aliphatic heterocycles. The number of carbonyl (C=O) groups excluding carboxylic acids is 1. The zero-order chi connectivity index (χ0) is 14.3. The summed E-state index contributed by atoms with van der Waals surface area (Å²) in [5, 5.41) is 3.57. The average Bonchev–Trinajstić information content (AvgIpc) is 2.81. The van der Waals surface area contributed by atoms with Gasteiger partial charge in [0.1, 0.15) is 0 Å². The van der Waals surface area contributed by atoms with Gasteiger partial charge in [0.15, 0.2) is 10.7 Å².